The van der Waals surface area contributed by atoms with Gasteiger partial charge in [-0.05, 0) is 24.5 Å². The van der Waals surface area contributed by atoms with Gasteiger partial charge in [0.05, 0.1) is 5.75 Å². The van der Waals surface area contributed by atoms with Crippen LogP contribution in [-0.4, -0.2) is 38.8 Å². The highest BCUT2D eigenvalue weighted by molar-refractivity contribution is 7.88. The third-order valence-corrected chi connectivity index (χ3v) is 5.96. The zero-order chi connectivity index (χ0) is 15.5. The number of amides is 1. The first-order chi connectivity index (χ1) is 9.94. The van der Waals surface area contributed by atoms with Crippen molar-refractivity contribution in [3.8, 4) is 0 Å². The van der Waals surface area contributed by atoms with Crippen LogP contribution in [0.25, 0.3) is 0 Å². The van der Waals surface area contributed by atoms with Crippen LogP contribution in [0.5, 0.6) is 0 Å². The Balaban J connectivity index is 2.02. The first-order valence-corrected chi connectivity index (χ1v) is 8.85. The summed E-state index contributed by atoms with van der Waals surface area (Å²) in [6.07, 6.45) is 1.11. The molecule has 1 aliphatic rings. The summed E-state index contributed by atoms with van der Waals surface area (Å²) in [6, 6.07) is 6.95. The summed E-state index contributed by atoms with van der Waals surface area (Å²) in [5, 5.41) is 3.07. The number of sulfonamides is 1. The van der Waals surface area contributed by atoms with Crippen LogP contribution in [-0.2, 0) is 20.6 Å². The van der Waals surface area contributed by atoms with E-state index in [-0.39, 0.29) is 17.6 Å². The first-order valence-electron chi connectivity index (χ1n) is 6.87. The van der Waals surface area contributed by atoms with Crippen molar-refractivity contribution >= 4 is 27.5 Å². The first kappa shape index (κ1) is 16.3. The number of carbonyl (C=O) groups excluding carboxylic acids is 1. The molecule has 0 spiro atoms. The Morgan fingerprint density at radius 2 is 1.95 bits per heavy atom. The normalized spacial score (nSPS) is 17.6. The van der Waals surface area contributed by atoms with E-state index in [1.165, 1.54) is 4.31 Å². The molecule has 2 rings (SSSR count). The van der Waals surface area contributed by atoms with E-state index in [0.29, 0.717) is 36.5 Å². The van der Waals surface area contributed by atoms with Crippen LogP contribution in [0.3, 0.4) is 0 Å². The number of benzene rings is 1. The Morgan fingerprint density at radius 3 is 2.52 bits per heavy atom. The highest BCUT2D eigenvalue weighted by atomic mass is 35.5. The maximum atomic E-state index is 12.4. The molecule has 1 saturated heterocycles. The summed E-state index contributed by atoms with van der Waals surface area (Å²) in [6.45, 7) is 0.760. The average Bonchev–Trinajstić information content (AvgIpc) is 2.49. The van der Waals surface area contributed by atoms with Crippen molar-refractivity contribution in [2.24, 2.45) is 5.92 Å². The molecule has 0 aromatic heterocycles. The second kappa shape index (κ2) is 6.77. The molecule has 21 heavy (non-hydrogen) atoms. The van der Waals surface area contributed by atoms with Gasteiger partial charge in [-0.15, -0.1) is 0 Å². The summed E-state index contributed by atoms with van der Waals surface area (Å²) in [4.78, 5) is 11.6. The monoisotopic (exact) mass is 330 g/mol. The molecular weight excluding hydrogens is 312 g/mol. The molecule has 116 valence electrons. The molecule has 0 radical (unpaired) electrons. The van der Waals surface area contributed by atoms with Gasteiger partial charge in [-0.2, -0.15) is 0 Å². The van der Waals surface area contributed by atoms with Crippen LogP contribution in [0.15, 0.2) is 24.3 Å². The van der Waals surface area contributed by atoms with Gasteiger partial charge in [0.25, 0.3) is 0 Å². The summed E-state index contributed by atoms with van der Waals surface area (Å²) in [5.74, 6) is -0.211. The van der Waals surface area contributed by atoms with E-state index in [2.05, 4.69) is 5.32 Å². The molecule has 5 nitrogen and oxygen atoms in total. The van der Waals surface area contributed by atoms with Gasteiger partial charge in [0.15, 0.2) is 0 Å². The molecule has 1 heterocycles. The number of halogens is 1. The van der Waals surface area contributed by atoms with Crippen molar-refractivity contribution in [3.63, 3.8) is 0 Å². The van der Waals surface area contributed by atoms with Crippen LogP contribution in [0.4, 0.5) is 0 Å². The Morgan fingerprint density at radius 1 is 1.33 bits per heavy atom. The van der Waals surface area contributed by atoms with Gasteiger partial charge in [0, 0.05) is 31.1 Å². The molecular formula is C14H19ClN2O3S. The third kappa shape index (κ3) is 3.96. The maximum Gasteiger partial charge on any atom is 0.222 e. The van der Waals surface area contributed by atoms with E-state index in [9.17, 15) is 13.2 Å². The summed E-state index contributed by atoms with van der Waals surface area (Å²) in [7, 11) is -1.80. The lowest BCUT2D eigenvalue weighted by Crippen LogP contribution is -2.42. The van der Waals surface area contributed by atoms with Crippen LogP contribution in [0, 0.1) is 5.92 Å². The number of nitrogens with zero attached hydrogens (tertiary/aromatic N) is 1. The minimum atomic E-state index is -3.40. The van der Waals surface area contributed by atoms with Crippen molar-refractivity contribution in [1.29, 1.82) is 0 Å². The molecule has 0 bridgehead atoms. The van der Waals surface area contributed by atoms with Gasteiger partial charge >= 0.3 is 0 Å². The van der Waals surface area contributed by atoms with Crippen LogP contribution < -0.4 is 5.32 Å². The Bertz CT molecular complexity index is 610. The van der Waals surface area contributed by atoms with Gasteiger partial charge in [0.2, 0.25) is 15.9 Å². The van der Waals surface area contributed by atoms with Gasteiger partial charge in [-0.25, -0.2) is 12.7 Å². The molecule has 1 fully saturated rings. The van der Waals surface area contributed by atoms with E-state index in [1.807, 2.05) is 0 Å². The molecule has 1 aromatic rings. The van der Waals surface area contributed by atoms with Crippen LogP contribution >= 0.6 is 11.6 Å². The smallest absolute Gasteiger partial charge is 0.222 e. The fourth-order valence-electron chi connectivity index (χ4n) is 2.50. The Kier molecular flexibility index (Phi) is 5.24. The molecule has 7 heteroatoms. The molecule has 0 aliphatic carbocycles. The van der Waals surface area contributed by atoms with E-state index >= 15 is 0 Å². The number of piperidine rings is 1. The minimum Gasteiger partial charge on any atom is -0.359 e. The van der Waals surface area contributed by atoms with Crippen LogP contribution in [0.2, 0.25) is 5.02 Å². The summed E-state index contributed by atoms with van der Waals surface area (Å²) >= 11 is 6.02. The van der Waals surface area contributed by atoms with Gasteiger partial charge in [-0.1, -0.05) is 29.8 Å². The fraction of sp³-hybridized carbons (Fsp3) is 0.500. The third-order valence-electron chi connectivity index (χ3n) is 3.76. The maximum absolute atomic E-state index is 12.4. The molecule has 1 aliphatic heterocycles. The van der Waals surface area contributed by atoms with E-state index in [0.717, 1.165) is 0 Å². The Labute approximate surface area is 130 Å². The van der Waals surface area contributed by atoms with Gasteiger partial charge in [-0.3, -0.25) is 4.79 Å². The number of carbonyl (C=O) groups is 1. The van der Waals surface area contributed by atoms with Crippen molar-refractivity contribution in [3.05, 3.63) is 34.9 Å². The van der Waals surface area contributed by atoms with E-state index in [1.54, 1.807) is 31.3 Å². The second-order valence-electron chi connectivity index (χ2n) is 5.14. The van der Waals surface area contributed by atoms with E-state index < -0.39 is 10.0 Å². The summed E-state index contributed by atoms with van der Waals surface area (Å²) in [5.41, 5.74) is 0.604. The molecule has 0 atom stereocenters. The molecule has 0 saturated carbocycles. The van der Waals surface area contributed by atoms with Crippen molar-refractivity contribution < 1.29 is 13.2 Å². The molecule has 1 aromatic carbocycles. The average molecular weight is 331 g/mol. The SMILES string of the molecule is CNC(=O)C1CCN(S(=O)(=O)Cc2ccccc2Cl)CC1. The Hall–Kier alpha value is -1.11. The molecule has 1 N–H and O–H groups in total. The highest BCUT2D eigenvalue weighted by Gasteiger charge is 2.31. The van der Waals surface area contributed by atoms with Gasteiger partial charge in [0.1, 0.15) is 0 Å². The number of hydrogen-bond acceptors (Lipinski definition) is 3. The summed E-state index contributed by atoms with van der Waals surface area (Å²) < 4.78 is 26.3. The minimum absolute atomic E-state index is 0.0156. The second-order valence-corrected chi connectivity index (χ2v) is 7.51. The molecule has 1 amide bonds. The fourth-order valence-corrected chi connectivity index (χ4v) is 4.38. The standard InChI is InChI=1S/C14H19ClN2O3S/c1-16-14(18)11-6-8-17(9-7-11)21(19,20)10-12-4-2-3-5-13(12)15/h2-5,11H,6-10H2,1H3,(H,16,18). The van der Waals surface area contributed by atoms with E-state index in [4.69, 9.17) is 11.6 Å². The lowest BCUT2D eigenvalue weighted by molar-refractivity contribution is -0.125. The molecule has 0 unspecified atom stereocenters. The predicted octanol–water partition coefficient (Wildman–Crippen LogP) is 1.63. The highest BCUT2D eigenvalue weighted by Crippen LogP contribution is 2.24. The zero-order valence-corrected chi connectivity index (χ0v) is 13.5. The predicted molar refractivity (Wildman–Crippen MR) is 82.4 cm³/mol. The number of hydrogen-bond donors (Lipinski definition) is 1. The number of rotatable bonds is 4. The lowest BCUT2D eigenvalue weighted by atomic mass is 9.97. The quantitative estimate of drug-likeness (QED) is 0.912. The topological polar surface area (TPSA) is 66.5 Å². The van der Waals surface area contributed by atoms with Crippen LogP contribution in [0.1, 0.15) is 18.4 Å². The lowest BCUT2D eigenvalue weighted by Gasteiger charge is -2.30. The van der Waals surface area contributed by atoms with Gasteiger partial charge < -0.3 is 5.32 Å². The number of nitrogens with one attached hydrogen (secondary N) is 1. The largest absolute Gasteiger partial charge is 0.359 e. The van der Waals surface area contributed by atoms with Crippen molar-refractivity contribution in [2.45, 2.75) is 18.6 Å². The van der Waals surface area contributed by atoms with Crippen molar-refractivity contribution in [1.82, 2.24) is 9.62 Å². The zero-order valence-electron chi connectivity index (χ0n) is 11.9. The van der Waals surface area contributed by atoms with Crippen molar-refractivity contribution in [2.75, 3.05) is 20.1 Å².